The number of rotatable bonds is 4. The van der Waals surface area contributed by atoms with Crippen molar-refractivity contribution in [3.8, 4) is 0 Å². The smallest absolute Gasteiger partial charge is 0.326 e. The number of nitrogens with zero attached hydrogens (tertiary/aromatic N) is 2. The van der Waals surface area contributed by atoms with Crippen LogP contribution in [-0.4, -0.2) is 53.0 Å². The number of esters is 2. The van der Waals surface area contributed by atoms with E-state index in [1.54, 1.807) is 0 Å². The summed E-state index contributed by atoms with van der Waals surface area (Å²) in [6, 6.07) is 0. The zero-order valence-electron chi connectivity index (χ0n) is 9.23. The fourth-order valence-corrected chi connectivity index (χ4v) is 1.33. The lowest BCUT2D eigenvalue weighted by Gasteiger charge is -2.17. The molecule has 17 heavy (non-hydrogen) atoms. The molecule has 1 aliphatic heterocycles. The van der Waals surface area contributed by atoms with E-state index in [-0.39, 0.29) is 0 Å². The zero-order valence-corrected chi connectivity index (χ0v) is 9.23. The van der Waals surface area contributed by atoms with Gasteiger partial charge in [-0.05, 0) is 0 Å². The Morgan fingerprint density at radius 1 is 1.24 bits per heavy atom. The predicted molar refractivity (Wildman–Crippen MR) is 51.4 cm³/mol. The minimum atomic E-state index is -1.17. The third-order valence-electron chi connectivity index (χ3n) is 1.92. The van der Waals surface area contributed by atoms with Crippen molar-refractivity contribution in [1.29, 1.82) is 0 Å². The van der Waals surface area contributed by atoms with Crippen LogP contribution in [0.25, 0.3) is 0 Å². The third kappa shape index (κ3) is 2.86. The van der Waals surface area contributed by atoms with Crippen molar-refractivity contribution in [3.05, 3.63) is 0 Å². The van der Waals surface area contributed by atoms with Crippen molar-refractivity contribution in [1.82, 2.24) is 4.90 Å². The summed E-state index contributed by atoms with van der Waals surface area (Å²) in [5.41, 5.74) is 0. The summed E-state index contributed by atoms with van der Waals surface area (Å²) in [7, 11) is 0. The second-order valence-corrected chi connectivity index (χ2v) is 3.22. The summed E-state index contributed by atoms with van der Waals surface area (Å²) in [5.74, 6) is -1.33. The first-order valence-corrected chi connectivity index (χ1v) is 4.64. The number of hydrogen-bond donors (Lipinski definition) is 0. The Bertz CT molecular complexity index is 391. The molecule has 0 bridgehead atoms. The molecule has 0 aliphatic carbocycles. The highest BCUT2D eigenvalue weighted by atomic mass is 16.6. The van der Waals surface area contributed by atoms with Gasteiger partial charge in [-0.2, -0.15) is 9.48 Å². The first kappa shape index (κ1) is 12.8. The molecule has 92 valence electrons. The molecule has 1 heterocycles. The fraction of sp³-hybridized carbons (Fsp3) is 0.444. The molecule has 1 aliphatic rings. The van der Waals surface area contributed by atoms with Crippen LogP contribution in [0.5, 0.6) is 0 Å². The van der Waals surface area contributed by atoms with Crippen LogP contribution in [0, 0.1) is 0 Å². The molecule has 0 aromatic rings. The van der Waals surface area contributed by atoms with Crippen LogP contribution in [0.2, 0.25) is 0 Å². The van der Waals surface area contributed by atoms with E-state index in [0.29, 0.717) is 12.8 Å². The lowest BCUT2D eigenvalue weighted by atomic mass is 10.4. The maximum Gasteiger partial charge on any atom is 0.326 e. The van der Waals surface area contributed by atoms with Crippen LogP contribution in [0.15, 0.2) is 0 Å². The molecular formula is C9H11N2O6+. The van der Waals surface area contributed by atoms with Gasteiger partial charge in [-0.1, -0.05) is 0 Å². The highest BCUT2D eigenvalue weighted by molar-refractivity contribution is 5.75. The summed E-state index contributed by atoms with van der Waals surface area (Å²) < 4.78 is 10.5. The Hall–Kier alpha value is -2.25. The maximum atomic E-state index is 10.9. The molecule has 0 aromatic heterocycles. The van der Waals surface area contributed by atoms with Crippen molar-refractivity contribution in [2.24, 2.45) is 0 Å². The van der Waals surface area contributed by atoms with Gasteiger partial charge in [0.2, 0.25) is 0 Å². The molecule has 2 amide bonds. The van der Waals surface area contributed by atoms with Gasteiger partial charge in [0.25, 0.3) is 19.2 Å². The summed E-state index contributed by atoms with van der Waals surface area (Å²) in [6.07, 6.45) is -0.541. The van der Waals surface area contributed by atoms with E-state index in [9.17, 15) is 19.2 Å². The third-order valence-corrected chi connectivity index (χ3v) is 1.92. The molecule has 1 rings (SSSR count). The van der Waals surface area contributed by atoms with Gasteiger partial charge < -0.3 is 9.47 Å². The molecular weight excluding hydrogens is 232 g/mol. The van der Waals surface area contributed by atoms with Gasteiger partial charge in [-0.15, -0.1) is 0 Å². The molecule has 2 unspecified atom stereocenters. The van der Waals surface area contributed by atoms with Crippen LogP contribution in [0.1, 0.15) is 13.8 Å². The number of ether oxygens (including phenoxy) is 2. The highest BCUT2D eigenvalue weighted by Crippen LogP contribution is 2.14. The van der Waals surface area contributed by atoms with Crippen molar-refractivity contribution in [2.45, 2.75) is 26.3 Å². The minimum absolute atomic E-state index is 0.355. The Balaban J connectivity index is 2.96. The second kappa shape index (κ2) is 5.19. The van der Waals surface area contributed by atoms with Crippen molar-refractivity contribution in [2.75, 3.05) is 0 Å². The topological polar surface area (TPSA) is 93.0 Å². The van der Waals surface area contributed by atoms with Gasteiger partial charge in [0.05, 0.1) is 0 Å². The van der Waals surface area contributed by atoms with Gasteiger partial charge in [0, 0.05) is 13.8 Å². The molecule has 8 heteroatoms. The average molecular weight is 243 g/mol. The number of amides is 2. The molecule has 0 spiro atoms. The van der Waals surface area contributed by atoms with Crippen molar-refractivity contribution >= 4 is 31.1 Å². The normalized spacial score (nSPS) is 22.7. The lowest BCUT2D eigenvalue weighted by Crippen LogP contribution is -2.43. The van der Waals surface area contributed by atoms with Gasteiger partial charge in [-0.25, -0.2) is 0 Å². The molecule has 0 aromatic carbocycles. The zero-order chi connectivity index (χ0) is 13.0. The minimum Gasteiger partial charge on any atom is -0.414 e. The standard InChI is InChI=1S/C9H11N2O6/c1-6(14)16-8-9(17-7(2)15)11(5-13)3-10(8)4-12/h3-5,8-9H,1-2H3/q+1. The summed E-state index contributed by atoms with van der Waals surface area (Å²) in [6.45, 7) is 2.27. The first-order valence-electron chi connectivity index (χ1n) is 4.64. The highest BCUT2D eigenvalue weighted by Gasteiger charge is 2.47. The van der Waals surface area contributed by atoms with E-state index < -0.39 is 24.4 Å². The van der Waals surface area contributed by atoms with Crippen LogP contribution in [0.3, 0.4) is 0 Å². The monoisotopic (exact) mass is 243 g/mol. The number of carbonyl (C=O) groups excluding carboxylic acids is 4. The first-order chi connectivity index (χ1) is 7.99. The number of carbonyl (C=O) groups is 4. The SMILES string of the molecule is CC(=O)OC1C(OC(C)=O)[N+](C=O)=CN1C=O. The molecule has 0 fully saturated rings. The molecule has 0 N–H and O–H groups in total. The van der Waals surface area contributed by atoms with Crippen LogP contribution in [0.4, 0.5) is 0 Å². The summed E-state index contributed by atoms with van der Waals surface area (Å²) in [4.78, 5) is 44.1. The van der Waals surface area contributed by atoms with Crippen LogP contribution >= 0.6 is 0 Å². The Morgan fingerprint density at radius 3 is 2.24 bits per heavy atom. The van der Waals surface area contributed by atoms with Crippen LogP contribution < -0.4 is 0 Å². The van der Waals surface area contributed by atoms with Crippen LogP contribution in [-0.2, 0) is 28.7 Å². The molecule has 0 saturated carbocycles. The number of hydrogen-bond acceptors (Lipinski definition) is 6. The van der Waals surface area contributed by atoms with Gasteiger partial charge in [0.1, 0.15) is 0 Å². The summed E-state index contributed by atoms with van der Waals surface area (Å²) >= 11 is 0. The summed E-state index contributed by atoms with van der Waals surface area (Å²) in [5, 5.41) is 0. The van der Waals surface area contributed by atoms with E-state index in [4.69, 9.17) is 9.47 Å². The fourth-order valence-electron chi connectivity index (χ4n) is 1.33. The molecule has 2 atom stereocenters. The van der Waals surface area contributed by atoms with Gasteiger partial charge >= 0.3 is 24.4 Å². The van der Waals surface area contributed by atoms with E-state index in [0.717, 1.165) is 29.7 Å². The largest absolute Gasteiger partial charge is 0.414 e. The molecule has 0 saturated heterocycles. The van der Waals surface area contributed by atoms with Crippen molar-refractivity contribution in [3.63, 3.8) is 0 Å². The maximum absolute atomic E-state index is 10.9. The van der Waals surface area contributed by atoms with Gasteiger partial charge in [0.15, 0.2) is 0 Å². The molecule has 8 nitrogen and oxygen atoms in total. The lowest BCUT2D eigenvalue weighted by molar-refractivity contribution is -0.520. The van der Waals surface area contributed by atoms with Crippen molar-refractivity contribution < 1.29 is 33.2 Å². The Labute approximate surface area is 96.4 Å². The van der Waals surface area contributed by atoms with E-state index in [2.05, 4.69) is 0 Å². The van der Waals surface area contributed by atoms with E-state index in [1.807, 2.05) is 0 Å². The molecule has 0 radical (unpaired) electrons. The Kier molecular flexibility index (Phi) is 3.91. The average Bonchev–Trinajstić information content (AvgIpc) is 2.55. The van der Waals surface area contributed by atoms with E-state index in [1.165, 1.54) is 0 Å². The Morgan fingerprint density at radius 2 is 1.82 bits per heavy atom. The van der Waals surface area contributed by atoms with Gasteiger partial charge in [-0.3, -0.25) is 19.2 Å². The predicted octanol–water partition coefficient (Wildman–Crippen LogP) is -1.57. The second-order valence-electron chi connectivity index (χ2n) is 3.22. The van der Waals surface area contributed by atoms with E-state index >= 15 is 0 Å². The quantitative estimate of drug-likeness (QED) is 0.336.